The van der Waals surface area contributed by atoms with Gasteiger partial charge >= 0.3 is 11.9 Å². The molecule has 1 fully saturated rings. The zero-order valence-corrected chi connectivity index (χ0v) is 31.0. The number of methoxy groups -OCH3 is 1. The molecule has 6 nitrogen and oxygen atoms in total. The summed E-state index contributed by atoms with van der Waals surface area (Å²) in [6.07, 6.45) is 3.71. The molecule has 0 spiro atoms. The van der Waals surface area contributed by atoms with Crippen LogP contribution in [0.2, 0.25) is 34.8 Å². The summed E-state index contributed by atoms with van der Waals surface area (Å²) in [7, 11) is -2.91. The normalized spacial score (nSPS) is 28.0. The Bertz CT molecular complexity index is 1100. The van der Waals surface area contributed by atoms with Gasteiger partial charge < -0.3 is 18.3 Å². The van der Waals surface area contributed by atoms with Crippen molar-refractivity contribution in [2.24, 2.45) is 29.6 Å². The fourth-order valence-electron chi connectivity index (χ4n) is 7.61. The zero-order chi connectivity index (χ0) is 32.5. The third-order valence-electron chi connectivity index (χ3n) is 10.9. The molecule has 0 aromatic heterocycles. The number of ether oxygens (including phenoxy) is 2. The number of carbonyl (C=O) groups is 2. The highest BCUT2D eigenvalue weighted by atomic mass is 28.4. The van der Waals surface area contributed by atoms with Gasteiger partial charge in [0.25, 0.3) is 0 Å². The molecule has 3 rings (SSSR count). The van der Waals surface area contributed by atoms with Crippen LogP contribution in [0.25, 0.3) is 0 Å². The highest BCUT2D eigenvalue weighted by Crippen LogP contribution is 2.54. The van der Waals surface area contributed by atoms with Gasteiger partial charge in [-0.05, 0) is 46.9 Å². The van der Waals surface area contributed by atoms with Crippen molar-refractivity contribution >= 4 is 28.6 Å². The van der Waals surface area contributed by atoms with Crippen molar-refractivity contribution in [3.05, 3.63) is 48.0 Å². The third kappa shape index (κ3) is 7.07. The molecule has 1 aromatic carbocycles. The van der Waals surface area contributed by atoms with Crippen molar-refractivity contribution in [3.8, 4) is 0 Å². The van der Waals surface area contributed by atoms with Gasteiger partial charge in [-0.1, -0.05) is 99.6 Å². The summed E-state index contributed by atoms with van der Waals surface area (Å²) in [6.45, 7) is 27.4. The molecule has 0 aliphatic heterocycles. The van der Waals surface area contributed by atoms with Gasteiger partial charge in [0.05, 0.1) is 24.7 Å². The second kappa shape index (κ2) is 13.7. The average Bonchev–Trinajstić information content (AvgIpc) is 3.18. The molecule has 1 saturated carbocycles. The topological polar surface area (TPSA) is 71.1 Å². The second-order valence-electron chi connectivity index (χ2n) is 15.3. The van der Waals surface area contributed by atoms with Gasteiger partial charge in [0.1, 0.15) is 6.10 Å². The van der Waals surface area contributed by atoms with E-state index in [1.54, 1.807) is 12.1 Å². The number of hydrogen-bond acceptors (Lipinski definition) is 6. The lowest BCUT2D eigenvalue weighted by atomic mass is 9.71. The predicted molar refractivity (Wildman–Crippen MR) is 179 cm³/mol. The Morgan fingerprint density at radius 2 is 1.44 bits per heavy atom. The van der Waals surface area contributed by atoms with E-state index in [1.165, 1.54) is 7.11 Å². The highest BCUT2D eigenvalue weighted by molar-refractivity contribution is 6.77. The maximum absolute atomic E-state index is 13.7. The van der Waals surface area contributed by atoms with Crippen LogP contribution in [-0.2, 0) is 23.1 Å². The molecule has 2 aliphatic carbocycles. The molecule has 0 amide bonds. The first-order valence-corrected chi connectivity index (χ1v) is 21.3. The van der Waals surface area contributed by atoms with Gasteiger partial charge in [0, 0.05) is 30.3 Å². The molecule has 0 N–H and O–H groups in total. The van der Waals surface area contributed by atoms with E-state index in [2.05, 4.69) is 94.5 Å². The highest BCUT2D eigenvalue weighted by Gasteiger charge is 2.60. The maximum atomic E-state index is 13.7. The van der Waals surface area contributed by atoms with Crippen molar-refractivity contribution in [3.63, 3.8) is 0 Å². The Balaban J connectivity index is 2.10. The molecule has 7 atom stereocenters. The van der Waals surface area contributed by atoms with Gasteiger partial charge in [-0.2, -0.15) is 0 Å². The van der Waals surface area contributed by atoms with Crippen LogP contribution >= 0.6 is 0 Å². The molecule has 43 heavy (non-hydrogen) atoms. The van der Waals surface area contributed by atoms with Crippen LogP contribution in [0, 0.1) is 29.6 Å². The van der Waals surface area contributed by atoms with Gasteiger partial charge in [-0.15, -0.1) is 0 Å². The summed E-state index contributed by atoms with van der Waals surface area (Å²) < 4.78 is 26.0. The van der Waals surface area contributed by atoms with E-state index in [9.17, 15) is 9.59 Å². The molecule has 0 bridgehead atoms. The molecule has 3 unspecified atom stereocenters. The van der Waals surface area contributed by atoms with E-state index in [0.717, 1.165) is 0 Å². The van der Waals surface area contributed by atoms with E-state index in [-0.39, 0.29) is 46.8 Å². The van der Waals surface area contributed by atoms with E-state index in [0.29, 0.717) is 28.8 Å². The Morgan fingerprint density at radius 3 is 1.93 bits per heavy atom. The molecular weight excluding hydrogens is 573 g/mol. The summed E-state index contributed by atoms with van der Waals surface area (Å²) in [6, 6.07) is 9.11. The first-order chi connectivity index (χ1) is 19.9. The Hall–Kier alpha value is -1.75. The minimum Gasteiger partial charge on any atom is -0.469 e. The number of esters is 2. The summed E-state index contributed by atoms with van der Waals surface area (Å²) in [4.78, 5) is 27.2. The molecule has 1 aromatic rings. The Labute approximate surface area is 263 Å². The lowest BCUT2D eigenvalue weighted by Gasteiger charge is -2.46. The number of rotatable bonds is 11. The SMILES string of the molecule is COC(=O)C1C(CO[Si](C)(C)C(C)(C)C)C=C[C@H]2C1[C@@H](OC(=O)c1ccccc1)[C@H](C)[C@H]2O[Si](C(C)C)(C(C)C)C(C)C. The Kier molecular flexibility index (Phi) is 11.4. The van der Waals surface area contributed by atoms with Crippen molar-refractivity contribution in [2.45, 2.75) is 116 Å². The van der Waals surface area contributed by atoms with Crippen LogP contribution in [0.1, 0.15) is 79.6 Å². The second-order valence-corrected chi connectivity index (χ2v) is 25.5. The largest absolute Gasteiger partial charge is 0.469 e. The first-order valence-electron chi connectivity index (χ1n) is 16.2. The molecule has 242 valence electrons. The first kappa shape index (κ1) is 35.7. The zero-order valence-electron chi connectivity index (χ0n) is 29.0. The van der Waals surface area contributed by atoms with Gasteiger partial charge in [-0.3, -0.25) is 4.79 Å². The van der Waals surface area contributed by atoms with Gasteiger partial charge in [0.15, 0.2) is 8.32 Å². The van der Waals surface area contributed by atoms with Crippen molar-refractivity contribution < 1.29 is 27.9 Å². The molecular formula is C35H58O6Si2. The van der Waals surface area contributed by atoms with Gasteiger partial charge in [0.2, 0.25) is 8.32 Å². The average molecular weight is 631 g/mol. The minimum atomic E-state index is -2.29. The fraction of sp³-hybridized carbons (Fsp3) is 0.714. The fourth-order valence-corrected chi connectivity index (χ4v) is 14.3. The lowest BCUT2D eigenvalue weighted by molar-refractivity contribution is -0.153. The smallest absolute Gasteiger partial charge is 0.338 e. The van der Waals surface area contributed by atoms with Crippen LogP contribution in [-0.4, -0.2) is 54.5 Å². The molecule has 8 heteroatoms. The molecule has 0 radical (unpaired) electrons. The number of carbonyl (C=O) groups excluding carboxylic acids is 2. The summed E-state index contributed by atoms with van der Waals surface area (Å²) in [5.41, 5.74) is 1.71. The number of fused-ring (bicyclic) bond motifs is 1. The van der Waals surface area contributed by atoms with Crippen LogP contribution in [0.15, 0.2) is 42.5 Å². The van der Waals surface area contributed by atoms with E-state index >= 15 is 0 Å². The summed E-state index contributed by atoms with van der Waals surface area (Å²) in [5, 5.41) is 0.0434. The van der Waals surface area contributed by atoms with Crippen molar-refractivity contribution in [1.82, 2.24) is 0 Å². The maximum Gasteiger partial charge on any atom is 0.338 e. The third-order valence-corrected chi connectivity index (χ3v) is 21.5. The van der Waals surface area contributed by atoms with E-state index < -0.39 is 28.7 Å². The Morgan fingerprint density at radius 1 is 0.884 bits per heavy atom. The number of hydrogen-bond donors (Lipinski definition) is 0. The van der Waals surface area contributed by atoms with Crippen LogP contribution in [0.4, 0.5) is 0 Å². The van der Waals surface area contributed by atoms with Crippen LogP contribution in [0.5, 0.6) is 0 Å². The molecule has 0 heterocycles. The van der Waals surface area contributed by atoms with Crippen LogP contribution in [0.3, 0.4) is 0 Å². The van der Waals surface area contributed by atoms with E-state index in [4.69, 9.17) is 18.3 Å². The van der Waals surface area contributed by atoms with E-state index in [1.807, 2.05) is 18.2 Å². The molecule has 2 aliphatic rings. The standard InChI is InChI=1S/C35H58O6Si2/c1-22(2)43(23(3)4,24(5)6)41-31-25(7)32(40-33(36)26-17-15-14-16-18-26)30-28(31)20-19-27(29(30)34(37)38-11)21-39-42(12,13)35(8,9)10/h14-20,22-25,27-32H,21H2,1-13H3/t25-,27?,28+,29?,30?,31-,32+/m1/s1. The minimum absolute atomic E-state index is 0.0434. The summed E-state index contributed by atoms with van der Waals surface area (Å²) >= 11 is 0. The summed E-state index contributed by atoms with van der Waals surface area (Å²) in [5.74, 6) is -1.82. The number of benzene rings is 1. The predicted octanol–water partition coefficient (Wildman–Crippen LogP) is 8.65. The molecule has 0 saturated heterocycles. The monoisotopic (exact) mass is 630 g/mol. The van der Waals surface area contributed by atoms with Crippen molar-refractivity contribution in [2.75, 3.05) is 13.7 Å². The quantitative estimate of drug-likeness (QED) is 0.138. The van der Waals surface area contributed by atoms with Crippen molar-refractivity contribution in [1.29, 1.82) is 0 Å². The van der Waals surface area contributed by atoms with Gasteiger partial charge in [-0.25, -0.2) is 4.79 Å². The van der Waals surface area contributed by atoms with Crippen LogP contribution < -0.4 is 0 Å². The lowest BCUT2D eigenvalue weighted by Crippen LogP contribution is -2.52.